The smallest absolute Gasteiger partial charge is 0.265 e. The van der Waals surface area contributed by atoms with Crippen LogP contribution in [-0.4, -0.2) is 56.0 Å². The second kappa shape index (κ2) is 12.2. The van der Waals surface area contributed by atoms with E-state index in [1.165, 1.54) is 23.1 Å². The van der Waals surface area contributed by atoms with Crippen molar-refractivity contribution < 1.29 is 32.7 Å². The van der Waals surface area contributed by atoms with Crippen molar-refractivity contribution in [1.29, 1.82) is 0 Å². The van der Waals surface area contributed by atoms with Gasteiger partial charge in [-0.1, -0.05) is 25.4 Å². The highest BCUT2D eigenvalue weighted by Gasteiger charge is 2.27. The normalized spacial score (nSPS) is 14.6. The van der Waals surface area contributed by atoms with Crippen molar-refractivity contribution in [2.24, 2.45) is 5.92 Å². The van der Waals surface area contributed by atoms with Crippen molar-refractivity contribution in [3.63, 3.8) is 0 Å². The van der Waals surface area contributed by atoms with Gasteiger partial charge in [0.25, 0.3) is 18.2 Å². The number of amides is 4. The lowest BCUT2D eigenvalue weighted by molar-refractivity contribution is -0.128. The number of hydrogen-bond donors (Lipinski definition) is 3. The molecule has 9 nitrogen and oxygen atoms in total. The molecule has 194 valence electrons. The maximum Gasteiger partial charge on any atom is 0.265 e. The molecule has 0 unspecified atom stereocenters. The number of hydrogen-bond acceptors (Lipinski definition) is 6. The summed E-state index contributed by atoms with van der Waals surface area (Å²) in [5, 5.41) is 7.63. The molecule has 1 fully saturated rings. The second-order valence-corrected chi connectivity index (χ2v) is 9.91. The van der Waals surface area contributed by atoms with Gasteiger partial charge in [0.1, 0.15) is 12.6 Å². The molecule has 2 heterocycles. The van der Waals surface area contributed by atoms with Gasteiger partial charge in [0.05, 0.1) is 21.5 Å². The summed E-state index contributed by atoms with van der Waals surface area (Å²) in [4.78, 5) is 51.3. The van der Waals surface area contributed by atoms with Gasteiger partial charge in [0.2, 0.25) is 11.8 Å². The largest absolute Gasteiger partial charge is 0.370 e. The number of carbonyl (C=O) groups is 4. The Kier molecular flexibility index (Phi) is 9.35. The number of rotatable bonds is 9. The van der Waals surface area contributed by atoms with Gasteiger partial charge >= 0.3 is 0 Å². The molecule has 0 aliphatic carbocycles. The van der Waals surface area contributed by atoms with Gasteiger partial charge in [-0.25, -0.2) is 8.78 Å². The highest BCUT2D eigenvalue weighted by Crippen LogP contribution is 2.33. The zero-order valence-corrected chi connectivity index (χ0v) is 21.1. The van der Waals surface area contributed by atoms with E-state index in [0.717, 1.165) is 17.4 Å². The number of nitrogens with one attached hydrogen (secondary N) is 3. The highest BCUT2D eigenvalue weighted by atomic mass is 35.5. The maximum absolute atomic E-state index is 13.8. The molecular formula is C23H25ClF2N4O5S. The Hall–Kier alpha value is -3.09. The molecule has 1 aromatic heterocycles. The fourth-order valence-electron chi connectivity index (χ4n) is 3.32. The Balaban J connectivity index is 1.77. The minimum absolute atomic E-state index is 0.0304. The van der Waals surface area contributed by atoms with Crippen molar-refractivity contribution in [3.8, 4) is 0 Å². The summed E-state index contributed by atoms with van der Waals surface area (Å²) in [5.41, 5.74) is -0.364. The van der Waals surface area contributed by atoms with Crippen molar-refractivity contribution in [2.45, 2.75) is 26.3 Å². The van der Waals surface area contributed by atoms with Crippen LogP contribution in [0, 0.1) is 5.92 Å². The first-order valence-electron chi connectivity index (χ1n) is 11.0. The van der Waals surface area contributed by atoms with Crippen LogP contribution in [0.5, 0.6) is 0 Å². The van der Waals surface area contributed by atoms with E-state index in [2.05, 4.69) is 16.0 Å². The van der Waals surface area contributed by atoms with Gasteiger partial charge < -0.3 is 25.6 Å². The van der Waals surface area contributed by atoms with Crippen LogP contribution in [0.1, 0.15) is 35.5 Å². The first kappa shape index (κ1) is 27.5. The number of alkyl halides is 2. The van der Waals surface area contributed by atoms with E-state index in [0.29, 0.717) is 9.21 Å². The number of benzene rings is 1. The van der Waals surface area contributed by atoms with Gasteiger partial charge in [0.15, 0.2) is 0 Å². The van der Waals surface area contributed by atoms with Gasteiger partial charge in [-0.3, -0.25) is 19.2 Å². The van der Waals surface area contributed by atoms with Crippen LogP contribution in [0.3, 0.4) is 0 Å². The third-order valence-electron chi connectivity index (χ3n) is 5.23. The number of ether oxygens (including phenoxy) is 1. The Bertz CT molecular complexity index is 1140. The van der Waals surface area contributed by atoms with E-state index in [1.807, 2.05) is 0 Å². The van der Waals surface area contributed by atoms with Gasteiger partial charge in [0, 0.05) is 30.3 Å². The van der Waals surface area contributed by atoms with Crippen LogP contribution >= 0.6 is 22.9 Å². The summed E-state index contributed by atoms with van der Waals surface area (Å²) in [7, 11) is 0. The van der Waals surface area contributed by atoms with Crippen LogP contribution in [0.25, 0.3) is 0 Å². The first-order chi connectivity index (χ1) is 17.1. The topological polar surface area (TPSA) is 117 Å². The van der Waals surface area contributed by atoms with Crippen LogP contribution in [-0.2, 0) is 19.1 Å². The van der Waals surface area contributed by atoms with Crippen LogP contribution in [0.2, 0.25) is 4.34 Å². The molecule has 3 rings (SSSR count). The summed E-state index contributed by atoms with van der Waals surface area (Å²) in [6, 6.07) is 5.68. The van der Waals surface area contributed by atoms with Crippen molar-refractivity contribution in [1.82, 2.24) is 10.6 Å². The minimum Gasteiger partial charge on any atom is -0.370 e. The molecule has 1 aliphatic rings. The van der Waals surface area contributed by atoms with Crippen LogP contribution < -0.4 is 20.9 Å². The van der Waals surface area contributed by atoms with E-state index in [-0.39, 0.29) is 37.7 Å². The molecule has 13 heteroatoms. The highest BCUT2D eigenvalue weighted by molar-refractivity contribution is 7.18. The summed E-state index contributed by atoms with van der Waals surface area (Å²) in [6.45, 7) is 3.16. The molecule has 1 saturated heterocycles. The van der Waals surface area contributed by atoms with Gasteiger partial charge in [-0.05, 0) is 30.3 Å². The Morgan fingerprint density at radius 2 is 1.92 bits per heavy atom. The summed E-state index contributed by atoms with van der Waals surface area (Å²) >= 11 is 6.90. The average Bonchev–Trinajstić information content (AvgIpc) is 3.28. The number of thiophene rings is 1. The zero-order chi connectivity index (χ0) is 26.4. The molecule has 0 spiro atoms. The van der Waals surface area contributed by atoms with Crippen LogP contribution in [0.4, 0.5) is 20.2 Å². The number of nitrogens with zero attached hydrogens (tertiary/aromatic N) is 1. The van der Waals surface area contributed by atoms with Crippen LogP contribution in [0.15, 0.2) is 30.3 Å². The molecule has 0 bridgehead atoms. The SMILES string of the molecule is CC(C)C(=O)N[C@@H](CNC(=O)c1ccc(Cl)s1)C(=O)Nc1ccc(N2CCOCC2=O)c(C(F)F)c1. The third kappa shape index (κ3) is 6.99. The minimum atomic E-state index is -2.92. The molecule has 1 aromatic carbocycles. The molecule has 4 amide bonds. The number of halogens is 3. The van der Waals surface area contributed by atoms with Crippen molar-refractivity contribution in [2.75, 3.05) is 36.5 Å². The van der Waals surface area contributed by atoms with Gasteiger partial charge in [-0.2, -0.15) is 0 Å². The number of carbonyl (C=O) groups excluding carboxylic acids is 4. The predicted octanol–water partition coefficient (Wildman–Crippen LogP) is 3.21. The predicted molar refractivity (Wildman–Crippen MR) is 132 cm³/mol. The molecule has 0 radical (unpaired) electrons. The standard InChI is InChI=1S/C23H25ClF2N4O5S/c1-12(2)21(32)29-15(10-27-23(34)17-5-6-18(24)36-17)22(33)28-13-3-4-16(14(9-13)20(25)26)30-7-8-35-11-19(30)31/h3-6,9,12,15,20H,7-8,10-11H2,1-2H3,(H,27,34)(H,28,33)(H,29,32)/t15-/m0/s1. The third-order valence-corrected chi connectivity index (χ3v) is 6.46. The molecule has 1 atom stereocenters. The molecule has 2 aromatic rings. The van der Waals surface area contributed by atoms with E-state index in [9.17, 15) is 28.0 Å². The van der Waals surface area contributed by atoms with Crippen molar-refractivity contribution in [3.05, 3.63) is 45.1 Å². The lowest BCUT2D eigenvalue weighted by atomic mass is 10.1. The van der Waals surface area contributed by atoms with E-state index < -0.39 is 47.6 Å². The molecular weight excluding hydrogens is 518 g/mol. The van der Waals surface area contributed by atoms with Crippen molar-refractivity contribution >= 4 is 57.9 Å². The lowest BCUT2D eigenvalue weighted by Gasteiger charge is -2.29. The lowest BCUT2D eigenvalue weighted by Crippen LogP contribution is -2.51. The fourth-order valence-corrected chi connectivity index (χ4v) is 4.28. The van der Waals surface area contributed by atoms with E-state index in [1.54, 1.807) is 19.9 Å². The quantitative estimate of drug-likeness (QED) is 0.450. The molecule has 1 aliphatic heterocycles. The summed E-state index contributed by atoms with van der Waals surface area (Å²) < 4.78 is 33.1. The monoisotopic (exact) mass is 542 g/mol. The zero-order valence-electron chi connectivity index (χ0n) is 19.5. The fraction of sp³-hybridized carbons (Fsp3) is 0.391. The Morgan fingerprint density at radius 1 is 1.17 bits per heavy atom. The second-order valence-electron chi connectivity index (χ2n) is 8.19. The Morgan fingerprint density at radius 3 is 2.53 bits per heavy atom. The summed E-state index contributed by atoms with van der Waals surface area (Å²) in [5.74, 6) is -2.52. The average molecular weight is 543 g/mol. The number of morpholine rings is 1. The Labute approximate surface area is 215 Å². The summed E-state index contributed by atoms with van der Waals surface area (Å²) in [6.07, 6.45) is -2.92. The van der Waals surface area contributed by atoms with E-state index >= 15 is 0 Å². The molecule has 36 heavy (non-hydrogen) atoms. The number of anilines is 2. The maximum atomic E-state index is 13.8. The van der Waals surface area contributed by atoms with E-state index in [4.69, 9.17) is 16.3 Å². The first-order valence-corrected chi connectivity index (χ1v) is 12.2. The van der Waals surface area contributed by atoms with Gasteiger partial charge in [-0.15, -0.1) is 11.3 Å². The molecule has 0 saturated carbocycles. The molecule has 3 N–H and O–H groups in total.